The lowest BCUT2D eigenvalue weighted by molar-refractivity contribution is -0.135. The Morgan fingerprint density at radius 1 is 0.792 bits per heavy atom. The van der Waals surface area contributed by atoms with Gasteiger partial charge in [0.15, 0.2) is 0 Å². The number of hydrogen-bond donors (Lipinski definition) is 2. The molecule has 2 aromatic carbocycles. The normalized spacial score (nSPS) is 11.0. The van der Waals surface area contributed by atoms with Crippen LogP contribution < -0.4 is 10.6 Å². The van der Waals surface area contributed by atoms with E-state index in [1.165, 1.54) is 0 Å². The number of carbonyl (C=O) groups excluding carboxylic acids is 2. The molecule has 2 N–H and O–H groups in total. The van der Waals surface area contributed by atoms with E-state index in [0.29, 0.717) is 11.4 Å². The highest BCUT2D eigenvalue weighted by Gasteiger charge is 2.36. The largest absolute Gasteiger partial charge is 0.325 e. The molecule has 2 aromatic rings. The quantitative estimate of drug-likeness (QED) is 0.828. The van der Waals surface area contributed by atoms with Crippen LogP contribution in [0.4, 0.5) is 11.4 Å². The fourth-order valence-electron chi connectivity index (χ4n) is 2.22. The van der Waals surface area contributed by atoms with E-state index in [-0.39, 0.29) is 11.8 Å². The number of carbonyl (C=O) groups is 2. The van der Waals surface area contributed by atoms with Gasteiger partial charge < -0.3 is 10.6 Å². The number of nitrogens with one attached hydrogen (secondary N) is 2. The first-order valence-electron chi connectivity index (χ1n) is 7.97. The summed E-state index contributed by atoms with van der Waals surface area (Å²) >= 11 is 0. The Balaban J connectivity index is 2.11. The van der Waals surface area contributed by atoms with Gasteiger partial charge in [-0.05, 0) is 75.6 Å². The summed E-state index contributed by atoms with van der Waals surface area (Å²) in [6.07, 6.45) is 0. The molecule has 0 fully saturated rings. The molecular weight excluding hydrogens is 300 g/mol. The van der Waals surface area contributed by atoms with Gasteiger partial charge in [-0.25, -0.2) is 0 Å². The molecule has 0 saturated carbocycles. The predicted octanol–water partition coefficient (Wildman–Crippen LogP) is 4.22. The van der Waals surface area contributed by atoms with Gasteiger partial charge in [-0.15, -0.1) is 0 Å². The summed E-state index contributed by atoms with van der Waals surface area (Å²) in [6, 6.07) is 13.2. The molecule has 0 spiro atoms. The van der Waals surface area contributed by atoms with Gasteiger partial charge in [0.25, 0.3) is 0 Å². The van der Waals surface area contributed by atoms with Crippen molar-refractivity contribution in [3.63, 3.8) is 0 Å². The number of amides is 2. The van der Waals surface area contributed by atoms with Crippen molar-refractivity contribution in [1.29, 1.82) is 0 Å². The summed E-state index contributed by atoms with van der Waals surface area (Å²) < 4.78 is 0. The standard InChI is InChI=1S/C20H24N2O2/c1-13-7-6-8-16(11-13)21-18(23)20(4,5)19(24)22-17-10-9-14(2)15(3)12-17/h6-12H,1-5H3,(H,21,23)(H,22,24). The Bertz CT molecular complexity index is 779. The van der Waals surface area contributed by atoms with Gasteiger partial charge in [-0.1, -0.05) is 18.2 Å². The highest BCUT2D eigenvalue weighted by Crippen LogP contribution is 2.23. The van der Waals surface area contributed by atoms with E-state index in [4.69, 9.17) is 0 Å². The van der Waals surface area contributed by atoms with Crippen molar-refractivity contribution in [2.24, 2.45) is 5.41 Å². The van der Waals surface area contributed by atoms with Crippen molar-refractivity contribution >= 4 is 23.2 Å². The molecule has 0 heterocycles. The summed E-state index contributed by atoms with van der Waals surface area (Å²) in [5, 5.41) is 5.64. The molecular formula is C20H24N2O2. The molecule has 4 nitrogen and oxygen atoms in total. The topological polar surface area (TPSA) is 58.2 Å². The second kappa shape index (κ2) is 6.87. The zero-order chi connectivity index (χ0) is 17.9. The van der Waals surface area contributed by atoms with Gasteiger partial charge >= 0.3 is 0 Å². The lowest BCUT2D eigenvalue weighted by Crippen LogP contribution is -2.41. The second-order valence-corrected chi connectivity index (χ2v) is 6.70. The molecule has 0 saturated heterocycles. The van der Waals surface area contributed by atoms with Crippen LogP contribution in [0.25, 0.3) is 0 Å². The SMILES string of the molecule is Cc1cccc(NC(=O)C(C)(C)C(=O)Nc2ccc(C)c(C)c2)c1. The minimum atomic E-state index is -1.19. The van der Waals surface area contributed by atoms with Crippen LogP contribution in [-0.4, -0.2) is 11.8 Å². The monoisotopic (exact) mass is 324 g/mol. The van der Waals surface area contributed by atoms with Crippen LogP contribution in [0.2, 0.25) is 0 Å². The molecule has 126 valence electrons. The highest BCUT2D eigenvalue weighted by atomic mass is 16.2. The molecule has 0 bridgehead atoms. The average molecular weight is 324 g/mol. The Hall–Kier alpha value is -2.62. The minimum absolute atomic E-state index is 0.337. The van der Waals surface area contributed by atoms with Crippen molar-refractivity contribution in [1.82, 2.24) is 0 Å². The highest BCUT2D eigenvalue weighted by molar-refractivity contribution is 6.14. The third-order valence-corrected chi connectivity index (χ3v) is 4.18. The lowest BCUT2D eigenvalue weighted by atomic mass is 9.90. The number of hydrogen-bond acceptors (Lipinski definition) is 2. The molecule has 4 heteroatoms. The summed E-state index contributed by atoms with van der Waals surface area (Å²) in [5.41, 5.74) is 3.48. The van der Waals surface area contributed by atoms with E-state index in [1.54, 1.807) is 13.8 Å². The maximum Gasteiger partial charge on any atom is 0.239 e. The van der Waals surface area contributed by atoms with Gasteiger partial charge in [0.2, 0.25) is 11.8 Å². The molecule has 0 atom stereocenters. The van der Waals surface area contributed by atoms with Crippen LogP contribution >= 0.6 is 0 Å². The number of benzene rings is 2. The first kappa shape index (κ1) is 17.7. The van der Waals surface area contributed by atoms with Crippen LogP contribution in [0.5, 0.6) is 0 Å². The zero-order valence-corrected chi connectivity index (χ0v) is 14.9. The van der Waals surface area contributed by atoms with E-state index >= 15 is 0 Å². The Morgan fingerprint density at radius 2 is 1.38 bits per heavy atom. The molecule has 0 unspecified atom stereocenters. The molecule has 0 aromatic heterocycles. The first-order valence-corrected chi connectivity index (χ1v) is 7.97. The van der Waals surface area contributed by atoms with Crippen molar-refractivity contribution in [3.05, 3.63) is 59.2 Å². The number of aryl methyl sites for hydroxylation is 3. The molecule has 0 aliphatic rings. The third-order valence-electron chi connectivity index (χ3n) is 4.18. The third kappa shape index (κ3) is 4.02. The van der Waals surface area contributed by atoms with Crippen molar-refractivity contribution in [2.75, 3.05) is 10.6 Å². The van der Waals surface area contributed by atoms with Gasteiger partial charge in [0.05, 0.1) is 0 Å². The number of anilines is 2. The van der Waals surface area contributed by atoms with E-state index in [1.807, 2.05) is 63.2 Å². The van der Waals surface area contributed by atoms with Crippen molar-refractivity contribution in [2.45, 2.75) is 34.6 Å². The summed E-state index contributed by atoms with van der Waals surface area (Å²) in [4.78, 5) is 25.1. The smallest absolute Gasteiger partial charge is 0.239 e. The minimum Gasteiger partial charge on any atom is -0.325 e. The molecule has 24 heavy (non-hydrogen) atoms. The second-order valence-electron chi connectivity index (χ2n) is 6.70. The molecule has 2 rings (SSSR count). The van der Waals surface area contributed by atoms with Gasteiger partial charge in [0, 0.05) is 11.4 Å². The Labute approximate surface area is 143 Å². The number of rotatable bonds is 4. The van der Waals surface area contributed by atoms with Crippen LogP contribution in [-0.2, 0) is 9.59 Å². The summed E-state index contributed by atoms with van der Waals surface area (Å²) in [6.45, 7) is 9.19. The van der Waals surface area contributed by atoms with E-state index in [0.717, 1.165) is 16.7 Å². The fourth-order valence-corrected chi connectivity index (χ4v) is 2.22. The van der Waals surface area contributed by atoms with Gasteiger partial charge in [0.1, 0.15) is 5.41 Å². The van der Waals surface area contributed by atoms with Crippen LogP contribution in [0.3, 0.4) is 0 Å². The average Bonchev–Trinajstić information content (AvgIpc) is 2.50. The summed E-state index contributed by atoms with van der Waals surface area (Å²) in [7, 11) is 0. The molecule has 2 amide bonds. The molecule has 0 radical (unpaired) electrons. The zero-order valence-electron chi connectivity index (χ0n) is 14.9. The fraction of sp³-hybridized carbons (Fsp3) is 0.300. The van der Waals surface area contributed by atoms with E-state index in [2.05, 4.69) is 10.6 Å². The maximum absolute atomic E-state index is 12.6. The first-order chi connectivity index (χ1) is 11.2. The summed E-state index contributed by atoms with van der Waals surface area (Å²) in [5.74, 6) is -0.676. The Morgan fingerprint density at radius 3 is 1.92 bits per heavy atom. The lowest BCUT2D eigenvalue weighted by Gasteiger charge is -2.23. The van der Waals surface area contributed by atoms with Crippen LogP contribution in [0.15, 0.2) is 42.5 Å². The van der Waals surface area contributed by atoms with E-state index < -0.39 is 5.41 Å². The van der Waals surface area contributed by atoms with Gasteiger partial charge in [-0.2, -0.15) is 0 Å². The van der Waals surface area contributed by atoms with Gasteiger partial charge in [-0.3, -0.25) is 9.59 Å². The molecule has 0 aliphatic carbocycles. The van der Waals surface area contributed by atoms with E-state index in [9.17, 15) is 9.59 Å². The predicted molar refractivity (Wildman–Crippen MR) is 98.1 cm³/mol. The molecule has 0 aliphatic heterocycles. The maximum atomic E-state index is 12.6. The van der Waals surface area contributed by atoms with Crippen LogP contribution in [0, 0.1) is 26.2 Å². The Kier molecular flexibility index (Phi) is 5.07. The van der Waals surface area contributed by atoms with Crippen molar-refractivity contribution < 1.29 is 9.59 Å². The van der Waals surface area contributed by atoms with Crippen LogP contribution in [0.1, 0.15) is 30.5 Å². The van der Waals surface area contributed by atoms with Crippen molar-refractivity contribution in [3.8, 4) is 0 Å².